The van der Waals surface area contributed by atoms with E-state index in [4.69, 9.17) is 14.9 Å². The lowest BCUT2D eigenvalue weighted by Crippen LogP contribution is -2.30. The van der Waals surface area contributed by atoms with Crippen molar-refractivity contribution in [2.24, 2.45) is 5.73 Å². The second-order valence-corrected chi connectivity index (χ2v) is 7.86. The number of methoxy groups -OCH3 is 1. The molecule has 7 nitrogen and oxygen atoms in total. The fraction of sp³-hybridized carbons (Fsp3) is 0.240. The number of fused-ring (bicyclic) bond motifs is 1. The van der Waals surface area contributed by atoms with Gasteiger partial charge in [0, 0.05) is 24.5 Å². The van der Waals surface area contributed by atoms with Crippen molar-refractivity contribution in [3.05, 3.63) is 77.3 Å². The van der Waals surface area contributed by atoms with E-state index in [2.05, 4.69) is 9.97 Å². The summed E-state index contributed by atoms with van der Waals surface area (Å²) in [5, 5.41) is 0.332. The predicted molar refractivity (Wildman–Crippen MR) is 124 cm³/mol. The number of nitrogens with two attached hydrogens (primary N) is 1. The Hall–Kier alpha value is -3.92. The van der Waals surface area contributed by atoms with Crippen LogP contribution in [0.3, 0.4) is 0 Å². The third-order valence-electron chi connectivity index (χ3n) is 5.57. The van der Waals surface area contributed by atoms with E-state index in [0.29, 0.717) is 23.9 Å². The van der Waals surface area contributed by atoms with Crippen molar-refractivity contribution in [1.82, 2.24) is 14.9 Å². The molecule has 182 valence electrons. The van der Waals surface area contributed by atoms with Crippen molar-refractivity contribution >= 4 is 16.8 Å². The first-order chi connectivity index (χ1) is 16.7. The maximum Gasteiger partial charge on any atom is 0.433 e. The van der Waals surface area contributed by atoms with Crippen LogP contribution < -0.4 is 10.5 Å². The van der Waals surface area contributed by atoms with Crippen LogP contribution in [0, 0.1) is 0 Å². The molecule has 0 saturated carbocycles. The molecule has 0 saturated heterocycles. The van der Waals surface area contributed by atoms with Crippen LogP contribution in [-0.2, 0) is 19.1 Å². The van der Waals surface area contributed by atoms with Crippen molar-refractivity contribution in [1.29, 1.82) is 0 Å². The SMILES string of the molecule is COc1ccc(-c2nc(C(=O)N(C)CCc3ccccc3)c(CN)o2)c2ccc(C(F)(F)F)nc12. The largest absolute Gasteiger partial charge is 0.494 e. The lowest BCUT2D eigenvalue weighted by atomic mass is 10.1. The molecule has 0 spiro atoms. The van der Waals surface area contributed by atoms with Gasteiger partial charge in [-0.1, -0.05) is 30.3 Å². The van der Waals surface area contributed by atoms with Crippen LogP contribution in [-0.4, -0.2) is 41.5 Å². The van der Waals surface area contributed by atoms with Gasteiger partial charge in [-0.05, 0) is 36.2 Å². The van der Waals surface area contributed by atoms with Crippen LogP contribution in [0.2, 0.25) is 0 Å². The minimum absolute atomic E-state index is 0.000166. The van der Waals surface area contributed by atoms with Crippen molar-refractivity contribution in [2.75, 3.05) is 20.7 Å². The summed E-state index contributed by atoms with van der Waals surface area (Å²) < 4.78 is 50.7. The number of halogens is 3. The Morgan fingerprint density at radius 2 is 1.83 bits per heavy atom. The average Bonchev–Trinajstić information content (AvgIpc) is 3.30. The summed E-state index contributed by atoms with van der Waals surface area (Å²) >= 11 is 0. The molecule has 2 N–H and O–H groups in total. The standard InChI is InChI=1S/C25H23F3N4O3/c1-32(13-12-15-6-4-3-5-7-15)24(33)22-19(14-29)35-23(31-22)17-8-10-18(34-2)21-16(17)9-11-20(30-21)25(26,27)28/h3-11H,12-14,29H2,1-2H3. The molecular weight excluding hydrogens is 461 g/mol. The van der Waals surface area contributed by atoms with E-state index in [1.165, 1.54) is 24.1 Å². The van der Waals surface area contributed by atoms with Crippen LogP contribution in [0.4, 0.5) is 13.2 Å². The zero-order valence-electron chi connectivity index (χ0n) is 19.1. The summed E-state index contributed by atoms with van der Waals surface area (Å²) in [4.78, 5) is 22.8. The Morgan fingerprint density at radius 3 is 2.49 bits per heavy atom. The Labute approximate surface area is 199 Å². The predicted octanol–water partition coefficient (Wildman–Crippen LogP) is 4.69. The fourth-order valence-electron chi connectivity index (χ4n) is 3.70. The van der Waals surface area contributed by atoms with Gasteiger partial charge < -0.3 is 19.8 Å². The number of benzene rings is 2. The third kappa shape index (κ3) is 4.97. The number of amides is 1. The van der Waals surface area contributed by atoms with Crippen molar-refractivity contribution in [3.8, 4) is 17.2 Å². The Balaban J connectivity index is 1.69. The topological polar surface area (TPSA) is 94.5 Å². The van der Waals surface area contributed by atoms with Crippen LogP contribution in [0.25, 0.3) is 22.4 Å². The monoisotopic (exact) mass is 484 g/mol. The number of alkyl halides is 3. The normalized spacial score (nSPS) is 11.6. The lowest BCUT2D eigenvalue weighted by Gasteiger charge is -2.16. The van der Waals surface area contributed by atoms with Gasteiger partial charge in [-0.2, -0.15) is 13.2 Å². The maximum absolute atomic E-state index is 13.2. The first-order valence-electron chi connectivity index (χ1n) is 10.8. The number of oxazole rings is 1. The molecule has 0 aliphatic rings. The van der Waals surface area contributed by atoms with Crippen LogP contribution in [0.15, 0.2) is 59.0 Å². The van der Waals surface area contributed by atoms with Crippen molar-refractivity contribution in [2.45, 2.75) is 19.1 Å². The van der Waals surface area contributed by atoms with E-state index in [0.717, 1.165) is 11.6 Å². The molecule has 0 bridgehead atoms. The van der Waals surface area contributed by atoms with Gasteiger partial charge in [-0.25, -0.2) is 9.97 Å². The van der Waals surface area contributed by atoms with E-state index in [-0.39, 0.29) is 41.1 Å². The summed E-state index contributed by atoms with van der Waals surface area (Å²) in [6.45, 7) is 0.371. The van der Waals surface area contributed by atoms with Gasteiger partial charge in [0.05, 0.1) is 13.7 Å². The molecule has 35 heavy (non-hydrogen) atoms. The van der Waals surface area contributed by atoms with E-state index in [1.807, 2.05) is 30.3 Å². The second kappa shape index (κ2) is 9.75. The second-order valence-electron chi connectivity index (χ2n) is 7.86. The molecule has 1 amide bonds. The molecule has 2 heterocycles. The molecule has 0 aliphatic heterocycles. The summed E-state index contributed by atoms with van der Waals surface area (Å²) in [6.07, 6.45) is -3.96. The van der Waals surface area contributed by atoms with Gasteiger partial charge in [0.25, 0.3) is 5.91 Å². The molecule has 10 heteroatoms. The van der Waals surface area contributed by atoms with E-state index >= 15 is 0 Å². The highest BCUT2D eigenvalue weighted by atomic mass is 19.4. The summed E-state index contributed by atoms with van der Waals surface area (Å²) in [5.41, 5.74) is 6.27. The smallest absolute Gasteiger partial charge is 0.433 e. The highest BCUT2D eigenvalue weighted by Crippen LogP contribution is 2.37. The molecule has 0 radical (unpaired) electrons. The van der Waals surface area contributed by atoms with Gasteiger partial charge >= 0.3 is 6.18 Å². The minimum atomic E-state index is -4.62. The quantitative estimate of drug-likeness (QED) is 0.409. The number of hydrogen-bond acceptors (Lipinski definition) is 6. The van der Waals surface area contributed by atoms with Gasteiger partial charge in [-0.3, -0.25) is 4.79 Å². The van der Waals surface area contributed by atoms with E-state index in [1.54, 1.807) is 13.1 Å². The van der Waals surface area contributed by atoms with Crippen molar-refractivity contribution in [3.63, 3.8) is 0 Å². The van der Waals surface area contributed by atoms with E-state index < -0.39 is 11.9 Å². The molecule has 0 fully saturated rings. The highest BCUT2D eigenvalue weighted by Gasteiger charge is 2.33. The number of ether oxygens (including phenoxy) is 1. The lowest BCUT2D eigenvalue weighted by molar-refractivity contribution is -0.140. The van der Waals surface area contributed by atoms with E-state index in [9.17, 15) is 18.0 Å². The first-order valence-corrected chi connectivity index (χ1v) is 10.8. The Bertz CT molecular complexity index is 1350. The number of rotatable bonds is 7. The number of carbonyl (C=O) groups is 1. The molecule has 4 aromatic rings. The van der Waals surface area contributed by atoms with Gasteiger partial charge in [-0.15, -0.1) is 0 Å². The molecular formula is C25H23F3N4O3. The summed E-state index contributed by atoms with van der Waals surface area (Å²) in [6, 6.07) is 15.0. The van der Waals surface area contributed by atoms with Gasteiger partial charge in [0.15, 0.2) is 11.5 Å². The fourth-order valence-corrected chi connectivity index (χ4v) is 3.70. The number of pyridine rings is 1. The number of nitrogens with zero attached hydrogens (tertiary/aromatic N) is 3. The maximum atomic E-state index is 13.2. The summed E-state index contributed by atoms with van der Waals surface area (Å²) in [5.74, 6) is 0.0314. The van der Waals surface area contributed by atoms with Crippen LogP contribution in [0.1, 0.15) is 27.5 Å². The first kappa shape index (κ1) is 24.2. The number of carbonyl (C=O) groups excluding carboxylic acids is 1. The van der Waals surface area contributed by atoms with Gasteiger partial charge in [0.1, 0.15) is 17.0 Å². The number of likely N-dealkylation sites (N-methyl/N-ethyl adjacent to an activating group) is 1. The molecule has 4 rings (SSSR count). The highest BCUT2D eigenvalue weighted by molar-refractivity contribution is 5.98. The molecule has 0 aliphatic carbocycles. The zero-order valence-corrected chi connectivity index (χ0v) is 19.1. The van der Waals surface area contributed by atoms with Crippen LogP contribution in [0.5, 0.6) is 5.75 Å². The Morgan fingerprint density at radius 1 is 1.09 bits per heavy atom. The molecule has 2 aromatic carbocycles. The zero-order chi connectivity index (χ0) is 25.2. The van der Waals surface area contributed by atoms with Crippen molar-refractivity contribution < 1.29 is 27.1 Å². The summed E-state index contributed by atoms with van der Waals surface area (Å²) in [7, 11) is 3.00. The molecule has 0 atom stereocenters. The van der Waals surface area contributed by atoms with Crippen LogP contribution >= 0.6 is 0 Å². The van der Waals surface area contributed by atoms with Gasteiger partial charge in [0.2, 0.25) is 5.89 Å². The Kier molecular flexibility index (Phi) is 6.74. The average molecular weight is 484 g/mol. The molecule has 0 unspecified atom stereocenters. The minimum Gasteiger partial charge on any atom is -0.494 e. The number of hydrogen-bond donors (Lipinski definition) is 1. The molecule has 2 aromatic heterocycles. The number of aromatic nitrogens is 2. The third-order valence-corrected chi connectivity index (χ3v) is 5.57.